The summed E-state index contributed by atoms with van der Waals surface area (Å²) in [6.07, 6.45) is -3.46. The van der Waals surface area contributed by atoms with Gasteiger partial charge in [-0.15, -0.1) is 0 Å². The number of nitrogens with one attached hydrogen (secondary N) is 1. The molecule has 1 heterocycles. The number of amides is 1. The third kappa shape index (κ3) is 4.90. The van der Waals surface area contributed by atoms with Crippen LogP contribution in [-0.2, 0) is 12.8 Å². The minimum atomic E-state index is -4.53. The van der Waals surface area contributed by atoms with Crippen LogP contribution >= 0.6 is 0 Å². The Labute approximate surface area is 181 Å². The number of benzene rings is 2. The molecule has 1 aromatic heterocycles. The first kappa shape index (κ1) is 22.9. The number of nitrogens with two attached hydrogens (primary N) is 1. The standard InChI is InChI=1S/C22H21F3N4O3/c1-21(2,20(26)29-31)28-19(30)16-9-8-14-5-3-4-6-15(14)18(16)32-12-13-7-10-17(27-11-13)22(23,24)25/h3-11,31H,12H2,1-2H3,(H2,26,29)(H,28,30). The maximum Gasteiger partial charge on any atom is 0.433 e. The summed E-state index contributed by atoms with van der Waals surface area (Å²) in [5, 5.41) is 16.0. The number of halogens is 3. The van der Waals surface area contributed by atoms with Crippen LogP contribution in [0.1, 0.15) is 35.5 Å². The molecule has 7 nitrogen and oxygen atoms in total. The van der Waals surface area contributed by atoms with Gasteiger partial charge in [-0.25, -0.2) is 0 Å². The van der Waals surface area contributed by atoms with E-state index in [0.29, 0.717) is 10.9 Å². The van der Waals surface area contributed by atoms with Crippen LogP contribution in [0.3, 0.4) is 0 Å². The van der Waals surface area contributed by atoms with Crippen LogP contribution in [0, 0.1) is 0 Å². The molecule has 0 saturated carbocycles. The van der Waals surface area contributed by atoms with Gasteiger partial charge in [0, 0.05) is 17.1 Å². The summed E-state index contributed by atoms with van der Waals surface area (Å²) in [5.74, 6) is -0.478. The van der Waals surface area contributed by atoms with E-state index in [1.54, 1.807) is 38.1 Å². The van der Waals surface area contributed by atoms with Gasteiger partial charge in [0.15, 0.2) is 5.84 Å². The van der Waals surface area contributed by atoms with Gasteiger partial charge in [0.05, 0.1) is 11.1 Å². The van der Waals surface area contributed by atoms with Crippen molar-refractivity contribution in [2.75, 3.05) is 0 Å². The molecule has 0 atom stereocenters. The number of hydrogen-bond donors (Lipinski definition) is 3. The average Bonchev–Trinajstić information content (AvgIpc) is 2.76. The van der Waals surface area contributed by atoms with Gasteiger partial charge in [0.25, 0.3) is 5.91 Å². The fourth-order valence-corrected chi connectivity index (χ4v) is 2.95. The molecule has 2 aromatic carbocycles. The summed E-state index contributed by atoms with van der Waals surface area (Å²) in [7, 11) is 0. The second-order valence-corrected chi connectivity index (χ2v) is 7.57. The lowest BCUT2D eigenvalue weighted by Crippen LogP contribution is -2.53. The van der Waals surface area contributed by atoms with E-state index in [4.69, 9.17) is 15.7 Å². The van der Waals surface area contributed by atoms with Gasteiger partial charge in [0.2, 0.25) is 0 Å². The van der Waals surface area contributed by atoms with E-state index in [9.17, 15) is 18.0 Å². The first-order valence-electron chi connectivity index (χ1n) is 9.50. The summed E-state index contributed by atoms with van der Waals surface area (Å²) < 4.78 is 44.1. The Morgan fingerprint density at radius 1 is 1.16 bits per heavy atom. The molecule has 168 valence electrons. The molecule has 32 heavy (non-hydrogen) atoms. The van der Waals surface area contributed by atoms with Crippen LogP contribution in [0.15, 0.2) is 59.9 Å². The molecular weight excluding hydrogens is 425 g/mol. The number of rotatable bonds is 6. The van der Waals surface area contributed by atoms with Crippen molar-refractivity contribution in [2.24, 2.45) is 10.9 Å². The van der Waals surface area contributed by atoms with Gasteiger partial charge in [0.1, 0.15) is 18.1 Å². The van der Waals surface area contributed by atoms with E-state index in [1.807, 2.05) is 12.1 Å². The van der Waals surface area contributed by atoms with E-state index in [0.717, 1.165) is 17.6 Å². The Morgan fingerprint density at radius 3 is 2.50 bits per heavy atom. The highest BCUT2D eigenvalue weighted by atomic mass is 19.4. The van der Waals surface area contributed by atoms with Gasteiger partial charge < -0.3 is 21.0 Å². The third-order valence-corrected chi connectivity index (χ3v) is 4.80. The molecule has 0 aliphatic carbocycles. The van der Waals surface area contributed by atoms with Gasteiger partial charge in [-0.05, 0) is 31.4 Å². The van der Waals surface area contributed by atoms with E-state index >= 15 is 0 Å². The first-order valence-corrected chi connectivity index (χ1v) is 9.50. The highest BCUT2D eigenvalue weighted by molar-refractivity contribution is 6.06. The Kier molecular flexibility index (Phi) is 6.24. The van der Waals surface area contributed by atoms with Crippen molar-refractivity contribution in [3.8, 4) is 5.75 Å². The fraction of sp³-hybridized carbons (Fsp3) is 0.227. The van der Waals surface area contributed by atoms with E-state index in [-0.39, 0.29) is 23.8 Å². The predicted molar refractivity (Wildman–Crippen MR) is 112 cm³/mol. The normalized spacial score (nSPS) is 12.6. The lowest BCUT2D eigenvalue weighted by molar-refractivity contribution is -0.141. The molecule has 4 N–H and O–H groups in total. The van der Waals surface area contributed by atoms with Crippen molar-refractivity contribution >= 4 is 22.5 Å². The van der Waals surface area contributed by atoms with Gasteiger partial charge in [-0.1, -0.05) is 41.6 Å². The number of alkyl halides is 3. The number of aromatic nitrogens is 1. The molecule has 0 bridgehead atoms. The molecule has 0 radical (unpaired) electrons. The Balaban J connectivity index is 1.93. The lowest BCUT2D eigenvalue weighted by Gasteiger charge is -2.25. The number of ether oxygens (including phenoxy) is 1. The number of fused-ring (bicyclic) bond motifs is 1. The Hall–Kier alpha value is -3.82. The number of hydrogen-bond acceptors (Lipinski definition) is 5. The Bertz CT molecular complexity index is 1160. The number of carbonyl (C=O) groups is 1. The number of carbonyl (C=O) groups excluding carboxylic acids is 1. The van der Waals surface area contributed by atoms with Crippen LogP contribution < -0.4 is 15.8 Å². The van der Waals surface area contributed by atoms with Crippen LogP contribution in [-0.4, -0.2) is 27.5 Å². The van der Waals surface area contributed by atoms with E-state index in [1.165, 1.54) is 6.07 Å². The smallest absolute Gasteiger partial charge is 0.433 e. The molecule has 0 aliphatic heterocycles. The van der Waals surface area contributed by atoms with E-state index < -0.39 is 23.3 Å². The van der Waals surface area contributed by atoms with Crippen molar-refractivity contribution in [3.63, 3.8) is 0 Å². The number of amidine groups is 1. The third-order valence-electron chi connectivity index (χ3n) is 4.80. The Morgan fingerprint density at radius 2 is 1.88 bits per heavy atom. The molecule has 0 saturated heterocycles. The zero-order chi connectivity index (χ0) is 23.5. The molecule has 0 spiro atoms. The molecule has 0 fully saturated rings. The van der Waals surface area contributed by atoms with Crippen LogP contribution in [0.2, 0.25) is 0 Å². The van der Waals surface area contributed by atoms with Crippen molar-refractivity contribution in [1.82, 2.24) is 10.3 Å². The fourth-order valence-electron chi connectivity index (χ4n) is 2.95. The molecule has 10 heteroatoms. The molecule has 0 aliphatic rings. The van der Waals surface area contributed by atoms with Crippen molar-refractivity contribution < 1.29 is 27.9 Å². The minimum absolute atomic E-state index is 0.108. The summed E-state index contributed by atoms with van der Waals surface area (Å²) in [4.78, 5) is 16.4. The van der Waals surface area contributed by atoms with Crippen LogP contribution in [0.25, 0.3) is 10.8 Å². The number of pyridine rings is 1. The molecular formula is C22H21F3N4O3. The van der Waals surface area contributed by atoms with Crippen LogP contribution in [0.4, 0.5) is 13.2 Å². The summed E-state index contributed by atoms with van der Waals surface area (Å²) in [5.41, 5.74) is 4.08. The second-order valence-electron chi connectivity index (χ2n) is 7.57. The maximum absolute atomic E-state index is 13.0. The number of nitrogens with zero attached hydrogens (tertiary/aromatic N) is 2. The topological polar surface area (TPSA) is 110 Å². The molecule has 1 amide bonds. The van der Waals surface area contributed by atoms with Crippen molar-refractivity contribution in [3.05, 3.63) is 71.5 Å². The SMILES string of the molecule is CC(C)(NC(=O)c1ccc2ccccc2c1OCc1ccc(C(F)(F)F)nc1)/C(N)=N/O. The highest BCUT2D eigenvalue weighted by Crippen LogP contribution is 2.32. The largest absolute Gasteiger partial charge is 0.487 e. The van der Waals surface area contributed by atoms with Gasteiger partial charge in [-0.2, -0.15) is 13.2 Å². The lowest BCUT2D eigenvalue weighted by atomic mass is 10.0. The first-order chi connectivity index (χ1) is 15.0. The highest BCUT2D eigenvalue weighted by Gasteiger charge is 2.32. The zero-order valence-electron chi connectivity index (χ0n) is 17.3. The van der Waals surface area contributed by atoms with Crippen molar-refractivity contribution in [2.45, 2.75) is 32.2 Å². The van der Waals surface area contributed by atoms with Gasteiger partial charge in [-0.3, -0.25) is 9.78 Å². The molecule has 0 unspecified atom stereocenters. The quantitative estimate of drug-likeness (QED) is 0.229. The minimum Gasteiger partial charge on any atom is -0.487 e. The zero-order valence-corrected chi connectivity index (χ0v) is 17.3. The van der Waals surface area contributed by atoms with E-state index in [2.05, 4.69) is 15.5 Å². The monoisotopic (exact) mass is 446 g/mol. The molecule has 3 aromatic rings. The number of oxime groups is 1. The van der Waals surface area contributed by atoms with Crippen molar-refractivity contribution in [1.29, 1.82) is 0 Å². The predicted octanol–water partition coefficient (Wildman–Crippen LogP) is 4.09. The average molecular weight is 446 g/mol. The molecule has 3 rings (SSSR count). The summed E-state index contributed by atoms with van der Waals surface area (Å²) >= 11 is 0. The summed E-state index contributed by atoms with van der Waals surface area (Å²) in [6.45, 7) is 3.02. The summed E-state index contributed by atoms with van der Waals surface area (Å²) in [6, 6.07) is 12.7. The second kappa shape index (κ2) is 8.74. The maximum atomic E-state index is 13.0. The van der Waals surface area contributed by atoms with Crippen LogP contribution in [0.5, 0.6) is 5.75 Å². The van der Waals surface area contributed by atoms with Gasteiger partial charge >= 0.3 is 6.18 Å².